The number of carboxylic acid groups (broad SMARTS) is 1. The molecule has 0 atom stereocenters. The highest BCUT2D eigenvalue weighted by Crippen LogP contribution is 2.43. The predicted molar refractivity (Wildman–Crippen MR) is 92.6 cm³/mol. The van der Waals surface area contributed by atoms with Gasteiger partial charge in [-0.25, -0.2) is 4.79 Å². The Morgan fingerprint density at radius 1 is 1.08 bits per heavy atom. The zero-order valence-corrected chi connectivity index (χ0v) is 13.7. The number of hydrogen-bond donors (Lipinski definition) is 2. The molecule has 0 bridgehead atoms. The van der Waals surface area contributed by atoms with Crippen molar-refractivity contribution in [3.8, 4) is 11.5 Å². The first-order valence-corrected chi connectivity index (χ1v) is 7.66. The second kappa shape index (κ2) is 6.28. The smallest absolute Gasteiger partial charge is 0.336 e. The van der Waals surface area contributed by atoms with Crippen molar-refractivity contribution >= 4 is 17.3 Å². The quantitative estimate of drug-likeness (QED) is 0.834. The maximum Gasteiger partial charge on any atom is 0.336 e. The molecule has 0 unspecified atom stereocenters. The van der Waals surface area contributed by atoms with Crippen LogP contribution in [0.5, 0.6) is 11.5 Å². The van der Waals surface area contributed by atoms with Crippen LogP contribution in [-0.2, 0) is 4.79 Å². The minimum Gasteiger partial charge on any atom is -0.508 e. The van der Waals surface area contributed by atoms with Crippen molar-refractivity contribution < 1.29 is 24.5 Å². The van der Waals surface area contributed by atoms with Gasteiger partial charge in [0.05, 0.1) is 5.56 Å². The number of fused-ring (bicyclic) bond motifs is 1. The van der Waals surface area contributed by atoms with Gasteiger partial charge in [0.25, 0.3) is 0 Å². The van der Waals surface area contributed by atoms with Gasteiger partial charge >= 0.3 is 5.97 Å². The van der Waals surface area contributed by atoms with E-state index < -0.39 is 5.97 Å². The molecule has 126 valence electrons. The fraction of sp³-hybridized carbons (Fsp3) is 0.100. The predicted octanol–water partition coefficient (Wildman–Crippen LogP) is 3.78. The number of ketones is 1. The molecule has 2 aromatic rings. The standard InChI is InChI=1S/C20H16O5/c1-11(21)9-17-12(2)19(14-5-3-4-6-15(14)20(23)24)16-8-7-13(22)10-18(16)25-17/h3-10,22H,1-2H3,(H,23,24)/b17-9+. The topological polar surface area (TPSA) is 83.8 Å². The summed E-state index contributed by atoms with van der Waals surface area (Å²) in [5.41, 5.74) is 2.65. The van der Waals surface area contributed by atoms with E-state index in [0.29, 0.717) is 33.8 Å². The van der Waals surface area contributed by atoms with Crippen LogP contribution >= 0.6 is 0 Å². The van der Waals surface area contributed by atoms with E-state index in [1.807, 2.05) is 0 Å². The van der Waals surface area contributed by atoms with Gasteiger partial charge < -0.3 is 14.9 Å². The van der Waals surface area contributed by atoms with Crippen LogP contribution in [-0.4, -0.2) is 22.0 Å². The Balaban J connectivity index is 2.35. The van der Waals surface area contributed by atoms with Crippen molar-refractivity contribution in [2.45, 2.75) is 13.8 Å². The Kier molecular flexibility index (Phi) is 4.15. The number of hydrogen-bond acceptors (Lipinski definition) is 4. The van der Waals surface area contributed by atoms with E-state index in [-0.39, 0.29) is 17.1 Å². The second-order valence-corrected chi connectivity index (χ2v) is 5.75. The van der Waals surface area contributed by atoms with Gasteiger partial charge in [-0.2, -0.15) is 0 Å². The summed E-state index contributed by atoms with van der Waals surface area (Å²) in [5.74, 6) is -0.510. The third-order valence-electron chi connectivity index (χ3n) is 3.96. The van der Waals surface area contributed by atoms with Crippen LogP contribution in [0.1, 0.15) is 35.3 Å². The van der Waals surface area contributed by atoms with Gasteiger partial charge in [0.1, 0.15) is 17.3 Å². The van der Waals surface area contributed by atoms with E-state index in [2.05, 4.69) is 0 Å². The Labute approximate surface area is 144 Å². The fourth-order valence-electron chi connectivity index (χ4n) is 2.88. The summed E-state index contributed by atoms with van der Waals surface area (Å²) in [4.78, 5) is 23.2. The van der Waals surface area contributed by atoms with Crippen molar-refractivity contribution in [2.24, 2.45) is 0 Å². The van der Waals surface area contributed by atoms with Crippen molar-refractivity contribution in [3.63, 3.8) is 0 Å². The molecular weight excluding hydrogens is 320 g/mol. The zero-order valence-electron chi connectivity index (χ0n) is 13.7. The van der Waals surface area contributed by atoms with Gasteiger partial charge in [0.2, 0.25) is 0 Å². The van der Waals surface area contributed by atoms with Crippen LogP contribution in [0, 0.1) is 0 Å². The number of phenols is 1. The highest BCUT2D eigenvalue weighted by Gasteiger charge is 2.26. The first-order valence-electron chi connectivity index (χ1n) is 7.66. The molecule has 2 aromatic carbocycles. The van der Waals surface area contributed by atoms with E-state index in [4.69, 9.17) is 4.74 Å². The Hall–Kier alpha value is -3.34. The Bertz CT molecular complexity index is 950. The summed E-state index contributed by atoms with van der Waals surface area (Å²) < 4.78 is 5.76. The average molecular weight is 336 g/mol. The minimum atomic E-state index is -1.04. The van der Waals surface area contributed by atoms with Crippen molar-refractivity contribution in [2.75, 3.05) is 0 Å². The van der Waals surface area contributed by atoms with Gasteiger partial charge in [-0.05, 0) is 37.6 Å². The molecule has 0 saturated carbocycles. The van der Waals surface area contributed by atoms with Gasteiger partial charge in [-0.15, -0.1) is 0 Å². The molecule has 1 aliphatic heterocycles. The normalized spacial score (nSPS) is 14.9. The zero-order chi connectivity index (χ0) is 18.1. The number of aromatic carboxylic acids is 1. The monoisotopic (exact) mass is 336 g/mol. The lowest BCUT2D eigenvalue weighted by atomic mass is 9.87. The number of carbonyl (C=O) groups is 2. The van der Waals surface area contributed by atoms with E-state index in [1.165, 1.54) is 31.2 Å². The average Bonchev–Trinajstić information content (AvgIpc) is 2.55. The summed E-state index contributed by atoms with van der Waals surface area (Å²) in [7, 11) is 0. The first-order chi connectivity index (χ1) is 11.9. The maximum atomic E-state index is 11.6. The van der Waals surface area contributed by atoms with Gasteiger partial charge in [-0.1, -0.05) is 18.2 Å². The minimum absolute atomic E-state index is 0.0198. The van der Waals surface area contributed by atoms with Crippen LogP contribution in [0.25, 0.3) is 5.57 Å². The Morgan fingerprint density at radius 3 is 2.48 bits per heavy atom. The highest BCUT2D eigenvalue weighted by atomic mass is 16.5. The SMILES string of the molecule is CC(=O)/C=C1/Oc2cc(O)ccc2C(c2ccccc2C(=O)O)=C1C. The van der Waals surface area contributed by atoms with Crippen LogP contribution in [0.2, 0.25) is 0 Å². The van der Waals surface area contributed by atoms with Gasteiger partial charge in [-0.3, -0.25) is 4.79 Å². The molecule has 1 heterocycles. The largest absolute Gasteiger partial charge is 0.508 e. The van der Waals surface area contributed by atoms with Crippen molar-refractivity contribution in [3.05, 3.63) is 76.6 Å². The number of benzene rings is 2. The van der Waals surface area contributed by atoms with E-state index >= 15 is 0 Å². The molecule has 0 amide bonds. The summed E-state index contributed by atoms with van der Waals surface area (Å²) >= 11 is 0. The van der Waals surface area contributed by atoms with Crippen LogP contribution in [0.3, 0.4) is 0 Å². The molecule has 0 fully saturated rings. The molecule has 0 radical (unpaired) electrons. The molecule has 0 spiro atoms. The molecular formula is C20H16O5. The lowest BCUT2D eigenvalue weighted by molar-refractivity contribution is -0.112. The number of aromatic hydroxyl groups is 1. The molecule has 0 saturated heterocycles. The van der Waals surface area contributed by atoms with E-state index in [0.717, 1.165) is 0 Å². The molecule has 0 aromatic heterocycles. The van der Waals surface area contributed by atoms with Crippen LogP contribution < -0.4 is 4.74 Å². The Morgan fingerprint density at radius 2 is 1.80 bits per heavy atom. The summed E-state index contributed by atoms with van der Waals surface area (Å²) in [6.45, 7) is 3.19. The number of carbonyl (C=O) groups excluding carboxylic acids is 1. The third kappa shape index (κ3) is 3.04. The van der Waals surface area contributed by atoms with E-state index in [9.17, 15) is 19.8 Å². The number of rotatable bonds is 3. The van der Waals surface area contributed by atoms with E-state index in [1.54, 1.807) is 31.2 Å². The lowest BCUT2D eigenvalue weighted by Crippen LogP contribution is -2.12. The summed E-state index contributed by atoms with van der Waals surface area (Å²) in [6.07, 6.45) is 1.35. The molecule has 0 aliphatic carbocycles. The molecule has 1 aliphatic rings. The summed E-state index contributed by atoms with van der Waals surface area (Å²) in [6, 6.07) is 11.3. The molecule has 5 nitrogen and oxygen atoms in total. The van der Waals surface area contributed by atoms with Gasteiger partial charge in [0, 0.05) is 28.9 Å². The second-order valence-electron chi connectivity index (χ2n) is 5.75. The third-order valence-corrected chi connectivity index (χ3v) is 3.96. The van der Waals surface area contributed by atoms with Crippen LogP contribution in [0.4, 0.5) is 0 Å². The number of allylic oxidation sites excluding steroid dienone is 2. The maximum absolute atomic E-state index is 11.6. The molecule has 5 heteroatoms. The molecule has 2 N–H and O–H groups in total. The first kappa shape index (κ1) is 16.5. The van der Waals surface area contributed by atoms with Crippen molar-refractivity contribution in [1.82, 2.24) is 0 Å². The number of phenolic OH excluding ortho intramolecular Hbond substituents is 1. The fourth-order valence-corrected chi connectivity index (χ4v) is 2.88. The van der Waals surface area contributed by atoms with Crippen molar-refractivity contribution in [1.29, 1.82) is 0 Å². The molecule has 25 heavy (non-hydrogen) atoms. The molecule has 3 rings (SSSR count). The van der Waals surface area contributed by atoms with Crippen LogP contribution in [0.15, 0.2) is 59.9 Å². The summed E-state index contributed by atoms with van der Waals surface area (Å²) in [5, 5.41) is 19.3. The number of carboxylic acids is 1. The lowest BCUT2D eigenvalue weighted by Gasteiger charge is -2.25. The number of ether oxygens (including phenoxy) is 1. The van der Waals surface area contributed by atoms with Gasteiger partial charge in [0.15, 0.2) is 5.78 Å². The highest BCUT2D eigenvalue weighted by molar-refractivity contribution is 6.00.